The number of hydrogen-bond donors (Lipinski definition) is 0. The Morgan fingerprint density at radius 2 is 2.00 bits per heavy atom. The Hall–Kier alpha value is -0.0400. The van der Waals surface area contributed by atoms with E-state index in [2.05, 4.69) is 25.7 Å². The molecule has 2 aliphatic carbocycles. The fourth-order valence-electron chi connectivity index (χ4n) is 4.52. The molecule has 0 aromatic heterocycles. The molecule has 14 heavy (non-hydrogen) atoms. The van der Waals surface area contributed by atoms with E-state index in [0.29, 0.717) is 5.54 Å². The van der Waals surface area contributed by atoms with Crippen LogP contribution in [0.5, 0.6) is 0 Å². The van der Waals surface area contributed by atoms with Crippen LogP contribution < -0.4 is 0 Å². The van der Waals surface area contributed by atoms with Gasteiger partial charge in [-0.05, 0) is 64.3 Å². The van der Waals surface area contributed by atoms with E-state index in [9.17, 15) is 0 Å². The highest BCUT2D eigenvalue weighted by molar-refractivity contribution is 5.15. The first-order valence-corrected chi connectivity index (χ1v) is 6.31. The first kappa shape index (κ1) is 9.21. The van der Waals surface area contributed by atoms with Crippen LogP contribution in [0.15, 0.2) is 0 Å². The minimum absolute atomic E-state index is 0.404. The van der Waals surface area contributed by atoms with Gasteiger partial charge in [0.1, 0.15) is 0 Å². The largest absolute Gasteiger partial charge is 0.295 e. The van der Waals surface area contributed by atoms with Crippen molar-refractivity contribution >= 4 is 0 Å². The first-order valence-electron chi connectivity index (χ1n) is 6.31. The molecule has 1 saturated heterocycles. The predicted octanol–water partition coefficient (Wildman–Crippen LogP) is 3.05. The topological polar surface area (TPSA) is 3.24 Å². The standard InChI is InChI=1S/C13H23N/c1-12(2,3)14-8-7-13-6-4-5-10(13)9-11(13)14/h10-11H,4-9H2,1-3H3. The lowest BCUT2D eigenvalue weighted by Crippen LogP contribution is -2.56. The van der Waals surface area contributed by atoms with Gasteiger partial charge in [-0.15, -0.1) is 0 Å². The fraction of sp³-hybridized carbons (Fsp3) is 1.00. The number of rotatable bonds is 0. The van der Waals surface area contributed by atoms with E-state index in [1.165, 1.54) is 38.6 Å². The minimum atomic E-state index is 0.404. The molecule has 0 aromatic carbocycles. The summed E-state index contributed by atoms with van der Waals surface area (Å²) in [6, 6.07) is 0.954. The van der Waals surface area contributed by atoms with Crippen LogP contribution in [-0.4, -0.2) is 23.0 Å². The predicted molar refractivity (Wildman–Crippen MR) is 59.3 cm³/mol. The Labute approximate surface area is 87.9 Å². The van der Waals surface area contributed by atoms with Crippen LogP contribution in [-0.2, 0) is 0 Å². The van der Waals surface area contributed by atoms with Crippen LogP contribution in [0.3, 0.4) is 0 Å². The quantitative estimate of drug-likeness (QED) is 0.571. The summed E-state index contributed by atoms with van der Waals surface area (Å²) in [5.74, 6) is 1.11. The van der Waals surface area contributed by atoms with E-state index >= 15 is 0 Å². The summed E-state index contributed by atoms with van der Waals surface area (Å²) in [5.41, 5.74) is 1.20. The molecule has 1 heterocycles. The lowest BCUT2D eigenvalue weighted by Gasteiger charge is -2.53. The maximum Gasteiger partial charge on any atom is 0.0163 e. The Bertz CT molecular complexity index is 252. The summed E-state index contributed by atoms with van der Waals surface area (Å²) < 4.78 is 0. The van der Waals surface area contributed by atoms with Gasteiger partial charge in [0.05, 0.1) is 0 Å². The van der Waals surface area contributed by atoms with Crippen molar-refractivity contribution in [3.05, 3.63) is 0 Å². The SMILES string of the molecule is CC(C)(C)N1CCC23CCCC2CC13. The van der Waals surface area contributed by atoms with Crippen LogP contribution in [0.4, 0.5) is 0 Å². The van der Waals surface area contributed by atoms with E-state index in [1.54, 1.807) is 0 Å². The zero-order chi connectivity index (χ0) is 9.97. The van der Waals surface area contributed by atoms with Gasteiger partial charge in [-0.25, -0.2) is 0 Å². The van der Waals surface area contributed by atoms with Crippen molar-refractivity contribution in [2.75, 3.05) is 6.54 Å². The molecule has 3 unspecified atom stereocenters. The van der Waals surface area contributed by atoms with Crippen LogP contribution in [0.2, 0.25) is 0 Å². The lowest BCUT2D eigenvalue weighted by atomic mass is 9.58. The summed E-state index contributed by atoms with van der Waals surface area (Å²) in [6.07, 6.45) is 7.60. The highest BCUT2D eigenvalue weighted by Crippen LogP contribution is 2.65. The Balaban J connectivity index is 1.84. The van der Waals surface area contributed by atoms with E-state index in [1.807, 2.05) is 0 Å². The number of hydrogen-bond acceptors (Lipinski definition) is 1. The molecule has 0 amide bonds. The molecule has 3 fully saturated rings. The van der Waals surface area contributed by atoms with Gasteiger partial charge >= 0.3 is 0 Å². The smallest absolute Gasteiger partial charge is 0.0163 e. The van der Waals surface area contributed by atoms with Crippen molar-refractivity contribution in [1.29, 1.82) is 0 Å². The van der Waals surface area contributed by atoms with Crippen molar-refractivity contribution < 1.29 is 0 Å². The third-order valence-electron chi connectivity index (χ3n) is 5.24. The summed E-state index contributed by atoms with van der Waals surface area (Å²) in [4.78, 5) is 2.79. The first-order chi connectivity index (χ1) is 6.54. The number of likely N-dealkylation sites (tertiary alicyclic amines) is 1. The summed E-state index contributed by atoms with van der Waals surface area (Å²) in [6.45, 7) is 8.52. The van der Waals surface area contributed by atoms with Gasteiger partial charge < -0.3 is 0 Å². The van der Waals surface area contributed by atoms with Gasteiger partial charge in [0.25, 0.3) is 0 Å². The third-order valence-corrected chi connectivity index (χ3v) is 5.24. The molecule has 0 bridgehead atoms. The molecule has 0 radical (unpaired) electrons. The summed E-state index contributed by atoms with van der Waals surface area (Å²) in [5, 5.41) is 0. The average molecular weight is 193 g/mol. The van der Waals surface area contributed by atoms with Crippen molar-refractivity contribution in [1.82, 2.24) is 4.90 Å². The molecular formula is C13H23N. The molecule has 0 aromatic rings. The maximum absolute atomic E-state index is 2.79. The van der Waals surface area contributed by atoms with E-state index in [-0.39, 0.29) is 0 Å². The average Bonchev–Trinajstić information content (AvgIpc) is 2.53. The second kappa shape index (κ2) is 2.55. The molecular weight excluding hydrogens is 170 g/mol. The van der Waals surface area contributed by atoms with E-state index < -0.39 is 0 Å². The second-order valence-electron chi connectivity index (χ2n) is 6.69. The normalized spacial score (nSPS) is 47.4. The molecule has 3 aliphatic rings. The summed E-state index contributed by atoms with van der Waals surface area (Å²) >= 11 is 0. The zero-order valence-electron chi connectivity index (χ0n) is 9.84. The number of nitrogens with zero attached hydrogens (tertiary/aromatic N) is 1. The van der Waals surface area contributed by atoms with Gasteiger partial charge in [-0.3, -0.25) is 4.90 Å². The van der Waals surface area contributed by atoms with Crippen molar-refractivity contribution in [3.63, 3.8) is 0 Å². The molecule has 2 saturated carbocycles. The minimum Gasteiger partial charge on any atom is -0.295 e. The third kappa shape index (κ3) is 0.946. The summed E-state index contributed by atoms with van der Waals surface area (Å²) in [7, 11) is 0. The van der Waals surface area contributed by atoms with Crippen LogP contribution in [0, 0.1) is 11.3 Å². The monoisotopic (exact) mass is 193 g/mol. The molecule has 3 atom stereocenters. The van der Waals surface area contributed by atoms with E-state index in [4.69, 9.17) is 0 Å². The molecule has 1 aliphatic heterocycles. The van der Waals surface area contributed by atoms with Gasteiger partial charge in [0.2, 0.25) is 0 Å². The Morgan fingerprint density at radius 3 is 2.64 bits per heavy atom. The van der Waals surface area contributed by atoms with Crippen molar-refractivity contribution in [2.24, 2.45) is 11.3 Å². The van der Waals surface area contributed by atoms with Crippen LogP contribution in [0.1, 0.15) is 52.9 Å². The molecule has 1 heteroatoms. The fourth-order valence-corrected chi connectivity index (χ4v) is 4.52. The Morgan fingerprint density at radius 1 is 1.21 bits per heavy atom. The second-order valence-corrected chi connectivity index (χ2v) is 6.69. The van der Waals surface area contributed by atoms with Crippen molar-refractivity contribution in [2.45, 2.75) is 64.5 Å². The molecule has 0 N–H and O–H groups in total. The maximum atomic E-state index is 2.79. The molecule has 1 spiro atoms. The van der Waals surface area contributed by atoms with Crippen LogP contribution in [0.25, 0.3) is 0 Å². The molecule has 3 rings (SSSR count). The van der Waals surface area contributed by atoms with Gasteiger partial charge in [0, 0.05) is 11.6 Å². The van der Waals surface area contributed by atoms with Crippen LogP contribution >= 0.6 is 0 Å². The molecule has 1 nitrogen and oxygen atoms in total. The zero-order valence-corrected chi connectivity index (χ0v) is 9.84. The van der Waals surface area contributed by atoms with E-state index in [0.717, 1.165) is 17.4 Å². The molecule has 80 valence electrons. The Kier molecular flexibility index (Phi) is 1.68. The van der Waals surface area contributed by atoms with Crippen molar-refractivity contribution in [3.8, 4) is 0 Å². The highest BCUT2D eigenvalue weighted by atomic mass is 15.3. The lowest BCUT2D eigenvalue weighted by molar-refractivity contribution is -0.0375. The van der Waals surface area contributed by atoms with Gasteiger partial charge in [-0.2, -0.15) is 0 Å². The highest BCUT2D eigenvalue weighted by Gasteiger charge is 2.62. The van der Waals surface area contributed by atoms with Gasteiger partial charge in [-0.1, -0.05) is 6.42 Å². The van der Waals surface area contributed by atoms with Gasteiger partial charge in [0.15, 0.2) is 0 Å².